The summed E-state index contributed by atoms with van der Waals surface area (Å²) >= 11 is 1.59. The zero-order valence-electron chi connectivity index (χ0n) is 22.0. The molecule has 0 aliphatic carbocycles. The van der Waals surface area contributed by atoms with Crippen molar-refractivity contribution in [2.24, 2.45) is 5.10 Å². The number of ether oxygens (including phenoxy) is 1. The fourth-order valence-corrected chi connectivity index (χ4v) is 5.59. The molecule has 2 aromatic heterocycles. The third-order valence-electron chi connectivity index (χ3n) is 6.85. The third kappa shape index (κ3) is 6.26. The van der Waals surface area contributed by atoms with E-state index in [0.717, 1.165) is 41.1 Å². The van der Waals surface area contributed by atoms with Crippen molar-refractivity contribution in [3.8, 4) is 22.0 Å². The molecule has 4 aromatic rings. The quantitative estimate of drug-likeness (QED) is 0.235. The summed E-state index contributed by atoms with van der Waals surface area (Å²) in [5, 5.41) is 10.9. The van der Waals surface area contributed by atoms with Gasteiger partial charge in [0.25, 0.3) is 11.8 Å². The second-order valence-electron chi connectivity index (χ2n) is 9.63. The molecule has 1 saturated heterocycles. The first-order valence-electron chi connectivity index (χ1n) is 13.1. The van der Waals surface area contributed by atoms with Crippen LogP contribution in [0.4, 0.5) is 0 Å². The minimum atomic E-state index is -0.349. The summed E-state index contributed by atoms with van der Waals surface area (Å²) in [5.74, 6) is 0.177. The number of piperidine rings is 1. The standard InChI is InChI=1S/C30H31N5O3S/c1-21-8-6-9-22(2)35(21)28(36)20-38-26-15-13-23(14-16-26)30(37)32-31-18-24-19-34(25-10-4-3-5-11-25)33-29(24)27-12-7-17-39-27/h3-5,7,10-19,21-22H,6,8-9,20H2,1-2H3,(H,32,37)/b31-18+. The van der Waals surface area contributed by atoms with Gasteiger partial charge in [0.2, 0.25) is 0 Å². The van der Waals surface area contributed by atoms with Crippen LogP contribution in [-0.4, -0.2) is 51.4 Å². The summed E-state index contributed by atoms with van der Waals surface area (Å²) in [5.41, 5.74) is 5.53. The number of hydrogen-bond acceptors (Lipinski definition) is 6. The summed E-state index contributed by atoms with van der Waals surface area (Å²) in [6.45, 7) is 4.15. The molecule has 0 saturated carbocycles. The fraction of sp³-hybridized carbons (Fsp3) is 0.267. The van der Waals surface area contributed by atoms with Crippen LogP contribution in [0.3, 0.4) is 0 Å². The lowest BCUT2D eigenvalue weighted by Crippen LogP contribution is -2.49. The number of nitrogens with zero attached hydrogens (tertiary/aromatic N) is 4. The molecule has 5 rings (SSSR count). The molecule has 2 atom stereocenters. The van der Waals surface area contributed by atoms with Crippen LogP contribution < -0.4 is 10.2 Å². The molecule has 1 aliphatic heterocycles. The second-order valence-corrected chi connectivity index (χ2v) is 10.6. The number of aromatic nitrogens is 2. The second kappa shape index (κ2) is 12.1. The normalized spacial score (nSPS) is 17.3. The monoisotopic (exact) mass is 541 g/mol. The van der Waals surface area contributed by atoms with E-state index in [1.807, 2.05) is 58.9 Å². The predicted molar refractivity (Wildman–Crippen MR) is 153 cm³/mol. The van der Waals surface area contributed by atoms with E-state index in [-0.39, 0.29) is 30.5 Å². The first-order chi connectivity index (χ1) is 19.0. The van der Waals surface area contributed by atoms with Gasteiger partial charge in [-0.1, -0.05) is 24.3 Å². The van der Waals surface area contributed by atoms with Crippen molar-refractivity contribution in [3.05, 3.63) is 89.4 Å². The largest absolute Gasteiger partial charge is 0.484 e. The lowest BCUT2D eigenvalue weighted by Gasteiger charge is -2.38. The number of thiophene rings is 1. The molecular formula is C30H31N5O3S. The van der Waals surface area contributed by atoms with Crippen LogP contribution in [0.1, 0.15) is 49.0 Å². The number of carbonyl (C=O) groups excluding carboxylic acids is 2. The van der Waals surface area contributed by atoms with E-state index in [2.05, 4.69) is 24.4 Å². The molecule has 2 amide bonds. The summed E-state index contributed by atoms with van der Waals surface area (Å²) in [6.07, 6.45) is 6.68. The van der Waals surface area contributed by atoms with E-state index >= 15 is 0 Å². The third-order valence-corrected chi connectivity index (χ3v) is 7.72. The Labute approximate surface area is 231 Å². The highest BCUT2D eigenvalue weighted by Crippen LogP contribution is 2.27. The minimum Gasteiger partial charge on any atom is -0.484 e. The maximum absolute atomic E-state index is 12.7. The maximum Gasteiger partial charge on any atom is 0.271 e. The van der Waals surface area contributed by atoms with Gasteiger partial charge >= 0.3 is 0 Å². The number of rotatable bonds is 8. The van der Waals surface area contributed by atoms with Gasteiger partial charge in [0.05, 0.1) is 16.8 Å². The highest BCUT2D eigenvalue weighted by Gasteiger charge is 2.29. The average Bonchev–Trinajstić information content (AvgIpc) is 3.63. The molecule has 3 heterocycles. The Bertz CT molecular complexity index is 1420. The molecule has 1 aliphatic rings. The Morgan fingerprint density at radius 2 is 1.79 bits per heavy atom. The van der Waals surface area contributed by atoms with Crippen LogP contribution >= 0.6 is 11.3 Å². The van der Waals surface area contributed by atoms with Gasteiger partial charge in [0, 0.05) is 29.4 Å². The number of amides is 2. The summed E-state index contributed by atoms with van der Waals surface area (Å²) < 4.78 is 7.52. The number of carbonyl (C=O) groups is 2. The minimum absolute atomic E-state index is 0.0108. The van der Waals surface area contributed by atoms with Crippen molar-refractivity contribution in [3.63, 3.8) is 0 Å². The molecule has 0 radical (unpaired) electrons. The van der Waals surface area contributed by atoms with Crippen LogP contribution in [-0.2, 0) is 4.79 Å². The number of benzene rings is 2. The van der Waals surface area contributed by atoms with Gasteiger partial charge < -0.3 is 9.64 Å². The number of nitrogens with one attached hydrogen (secondary N) is 1. The Hall–Kier alpha value is -4.24. The van der Waals surface area contributed by atoms with E-state index in [0.29, 0.717) is 11.3 Å². The van der Waals surface area contributed by atoms with Crippen LogP contribution in [0.2, 0.25) is 0 Å². The first-order valence-corrected chi connectivity index (χ1v) is 13.9. The van der Waals surface area contributed by atoms with Crippen molar-refractivity contribution < 1.29 is 14.3 Å². The van der Waals surface area contributed by atoms with Gasteiger partial charge in [-0.2, -0.15) is 10.2 Å². The van der Waals surface area contributed by atoms with Gasteiger partial charge in [-0.25, -0.2) is 10.1 Å². The molecule has 2 unspecified atom stereocenters. The van der Waals surface area contributed by atoms with Gasteiger partial charge in [-0.15, -0.1) is 11.3 Å². The van der Waals surface area contributed by atoms with Crippen molar-refractivity contribution in [2.45, 2.75) is 45.2 Å². The average molecular weight is 542 g/mol. The Morgan fingerprint density at radius 3 is 2.49 bits per heavy atom. The molecule has 0 spiro atoms. The Morgan fingerprint density at radius 1 is 1.05 bits per heavy atom. The maximum atomic E-state index is 12.7. The van der Waals surface area contributed by atoms with Crippen LogP contribution in [0.25, 0.3) is 16.3 Å². The molecule has 0 bridgehead atoms. The van der Waals surface area contributed by atoms with Gasteiger partial charge in [-0.3, -0.25) is 9.59 Å². The highest BCUT2D eigenvalue weighted by molar-refractivity contribution is 7.13. The zero-order valence-corrected chi connectivity index (χ0v) is 22.8. The van der Waals surface area contributed by atoms with E-state index in [9.17, 15) is 9.59 Å². The van der Waals surface area contributed by atoms with Crippen molar-refractivity contribution >= 4 is 29.4 Å². The molecule has 200 valence electrons. The van der Waals surface area contributed by atoms with Crippen LogP contribution in [0.5, 0.6) is 5.75 Å². The lowest BCUT2D eigenvalue weighted by molar-refractivity contribution is -0.139. The summed E-state index contributed by atoms with van der Waals surface area (Å²) in [4.78, 5) is 28.3. The summed E-state index contributed by atoms with van der Waals surface area (Å²) in [6, 6.07) is 20.9. The molecule has 39 heavy (non-hydrogen) atoms. The molecule has 2 aromatic carbocycles. The topological polar surface area (TPSA) is 88.8 Å². The number of para-hydroxylation sites is 1. The first kappa shape index (κ1) is 26.4. The van der Waals surface area contributed by atoms with Gasteiger partial charge in [0.15, 0.2) is 6.61 Å². The number of hydrogen-bond donors (Lipinski definition) is 1. The molecule has 9 heteroatoms. The molecule has 1 fully saturated rings. The molecular weight excluding hydrogens is 510 g/mol. The SMILES string of the molecule is CC1CCCC(C)N1C(=O)COc1ccc(C(=O)N/N=C/c2cn(-c3ccccc3)nc2-c2cccs2)cc1. The zero-order chi connectivity index (χ0) is 27.2. The summed E-state index contributed by atoms with van der Waals surface area (Å²) in [7, 11) is 0. The van der Waals surface area contributed by atoms with Crippen LogP contribution in [0.15, 0.2) is 83.4 Å². The van der Waals surface area contributed by atoms with E-state index in [1.54, 1.807) is 46.5 Å². The number of likely N-dealkylation sites (tertiary alicyclic amines) is 1. The smallest absolute Gasteiger partial charge is 0.271 e. The van der Waals surface area contributed by atoms with E-state index in [4.69, 9.17) is 9.84 Å². The van der Waals surface area contributed by atoms with E-state index in [1.165, 1.54) is 0 Å². The van der Waals surface area contributed by atoms with Gasteiger partial charge in [-0.05, 0) is 81.0 Å². The van der Waals surface area contributed by atoms with Crippen molar-refractivity contribution in [2.75, 3.05) is 6.61 Å². The Balaban J connectivity index is 1.20. The van der Waals surface area contributed by atoms with Crippen molar-refractivity contribution in [1.82, 2.24) is 20.1 Å². The molecule has 1 N–H and O–H groups in total. The lowest BCUT2D eigenvalue weighted by atomic mass is 9.97. The van der Waals surface area contributed by atoms with E-state index < -0.39 is 0 Å². The fourth-order valence-electron chi connectivity index (χ4n) is 4.86. The number of hydrazone groups is 1. The molecule has 8 nitrogen and oxygen atoms in total. The van der Waals surface area contributed by atoms with Gasteiger partial charge in [0.1, 0.15) is 11.4 Å². The Kier molecular flexibility index (Phi) is 8.17. The highest BCUT2D eigenvalue weighted by atomic mass is 32.1. The predicted octanol–water partition coefficient (Wildman–Crippen LogP) is 5.53. The van der Waals surface area contributed by atoms with Crippen molar-refractivity contribution in [1.29, 1.82) is 0 Å². The van der Waals surface area contributed by atoms with Crippen LogP contribution in [0, 0.1) is 0 Å².